The summed E-state index contributed by atoms with van der Waals surface area (Å²) in [7, 11) is -3.64. The fourth-order valence-electron chi connectivity index (χ4n) is 2.21. The SMILES string of the molecule is CC(C)(C)c1ccc(S(=O)(=O)CC(F)c2ccccc2)cc1. The third kappa shape index (κ3) is 3.95. The molecular formula is C18H21FO2S. The Morgan fingerprint density at radius 3 is 2.00 bits per heavy atom. The first kappa shape index (κ1) is 16.7. The summed E-state index contributed by atoms with van der Waals surface area (Å²) in [5, 5.41) is 0. The van der Waals surface area contributed by atoms with Gasteiger partial charge in [-0.2, -0.15) is 0 Å². The molecule has 4 heteroatoms. The van der Waals surface area contributed by atoms with E-state index >= 15 is 0 Å². The molecule has 0 N–H and O–H groups in total. The van der Waals surface area contributed by atoms with Crippen molar-refractivity contribution in [3.05, 3.63) is 65.7 Å². The van der Waals surface area contributed by atoms with Crippen molar-refractivity contribution in [3.63, 3.8) is 0 Å². The number of hydrogen-bond acceptors (Lipinski definition) is 2. The van der Waals surface area contributed by atoms with Crippen molar-refractivity contribution in [2.45, 2.75) is 37.3 Å². The molecule has 1 unspecified atom stereocenters. The first-order chi connectivity index (χ1) is 10.2. The number of rotatable bonds is 4. The molecular weight excluding hydrogens is 299 g/mol. The zero-order chi connectivity index (χ0) is 16.4. The second-order valence-corrected chi connectivity index (χ2v) is 8.47. The van der Waals surface area contributed by atoms with E-state index in [9.17, 15) is 12.8 Å². The molecule has 0 aliphatic carbocycles. The van der Waals surface area contributed by atoms with Gasteiger partial charge in [-0.3, -0.25) is 0 Å². The van der Waals surface area contributed by atoms with E-state index in [1.165, 1.54) is 0 Å². The minimum atomic E-state index is -3.64. The number of sulfone groups is 1. The smallest absolute Gasteiger partial charge is 0.181 e. The third-order valence-corrected chi connectivity index (χ3v) is 5.33. The van der Waals surface area contributed by atoms with Gasteiger partial charge in [0.05, 0.1) is 10.6 Å². The van der Waals surface area contributed by atoms with E-state index in [4.69, 9.17) is 0 Å². The Bertz CT molecular complexity index is 714. The van der Waals surface area contributed by atoms with Crippen LogP contribution in [0.15, 0.2) is 59.5 Å². The van der Waals surface area contributed by atoms with Crippen molar-refractivity contribution in [2.75, 3.05) is 5.75 Å². The fraction of sp³-hybridized carbons (Fsp3) is 0.333. The molecule has 0 aliphatic rings. The van der Waals surface area contributed by atoms with Crippen LogP contribution in [0.5, 0.6) is 0 Å². The largest absolute Gasteiger partial charge is 0.241 e. The minimum absolute atomic E-state index is 0.0467. The van der Waals surface area contributed by atoms with Crippen molar-refractivity contribution in [1.29, 1.82) is 0 Å². The number of alkyl halides is 1. The maximum absolute atomic E-state index is 14.2. The maximum Gasteiger partial charge on any atom is 0.181 e. The zero-order valence-corrected chi connectivity index (χ0v) is 13.9. The first-order valence-electron chi connectivity index (χ1n) is 7.22. The van der Waals surface area contributed by atoms with E-state index in [0.29, 0.717) is 5.56 Å². The molecule has 0 saturated heterocycles. The van der Waals surface area contributed by atoms with Crippen LogP contribution in [0.1, 0.15) is 38.1 Å². The van der Waals surface area contributed by atoms with Crippen molar-refractivity contribution < 1.29 is 12.8 Å². The van der Waals surface area contributed by atoms with Gasteiger partial charge in [-0.05, 0) is 28.7 Å². The standard InChI is InChI=1S/C18H21FO2S/c1-18(2,3)15-9-11-16(12-10-15)22(20,21)13-17(19)14-7-5-4-6-8-14/h4-12,17H,13H2,1-3H3. The van der Waals surface area contributed by atoms with Crippen LogP contribution in [-0.2, 0) is 15.3 Å². The van der Waals surface area contributed by atoms with Gasteiger partial charge in [0, 0.05) is 0 Å². The molecule has 1 atom stereocenters. The molecule has 2 aromatic carbocycles. The highest BCUT2D eigenvalue weighted by Crippen LogP contribution is 2.26. The Balaban J connectivity index is 2.20. The minimum Gasteiger partial charge on any atom is -0.241 e. The number of halogens is 1. The number of benzene rings is 2. The number of hydrogen-bond donors (Lipinski definition) is 0. The first-order valence-corrected chi connectivity index (χ1v) is 8.88. The van der Waals surface area contributed by atoms with Crippen molar-refractivity contribution in [2.24, 2.45) is 0 Å². The summed E-state index contributed by atoms with van der Waals surface area (Å²) in [6, 6.07) is 15.1. The van der Waals surface area contributed by atoms with Crippen LogP contribution in [-0.4, -0.2) is 14.2 Å². The fourth-order valence-corrected chi connectivity index (χ4v) is 3.53. The van der Waals surface area contributed by atoms with E-state index in [1.807, 2.05) is 0 Å². The van der Waals surface area contributed by atoms with Crippen LogP contribution < -0.4 is 0 Å². The van der Waals surface area contributed by atoms with Crippen molar-refractivity contribution in [1.82, 2.24) is 0 Å². The highest BCUT2D eigenvalue weighted by atomic mass is 32.2. The Hall–Kier alpha value is -1.68. The summed E-state index contributed by atoms with van der Waals surface area (Å²) in [5.74, 6) is -0.536. The van der Waals surface area contributed by atoms with Crippen LogP contribution in [0.25, 0.3) is 0 Å². The van der Waals surface area contributed by atoms with E-state index in [2.05, 4.69) is 20.8 Å². The van der Waals surface area contributed by atoms with Gasteiger partial charge in [-0.25, -0.2) is 12.8 Å². The second kappa shape index (κ2) is 6.21. The van der Waals surface area contributed by atoms with E-state index < -0.39 is 21.8 Å². The maximum atomic E-state index is 14.2. The molecule has 2 nitrogen and oxygen atoms in total. The van der Waals surface area contributed by atoms with Gasteiger partial charge in [0.2, 0.25) is 0 Å². The van der Waals surface area contributed by atoms with Crippen molar-refractivity contribution >= 4 is 9.84 Å². The Morgan fingerprint density at radius 2 is 1.50 bits per heavy atom. The van der Waals surface area contributed by atoms with Crippen LogP contribution in [0.3, 0.4) is 0 Å². The molecule has 0 fully saturated rings. The summed E-state index contributed by atoms with van der Waals surface area (Å²) in [6.07, 6.45) is -1.52. The van der Waals surface area contributed by atoms with Gasteiger partial charge < -0.3 is 0 Å². The Kier molecular flexibility index (Phi) is 4.71. The molecule has 0 heterocycles. The molecule has 118 valence electrons. The lowest BCUT2D eigenvalue weighted by Crippen LogP contribution is -2.14. The summed E-state index contributed by atoms with van der Waals surface area (Å²) in [6.45, 7) is 6.18. The lowest BCUT2D eigenvalue weighted by atomic mass is 9.87. The molecule has 2 rings (SSSR count). The topological polar surface area (TPSA) is 34.1 Å². The van der Waals surface area contributed by atoms with Crippen LogP contribution in [0.2, 0.25) is 0 Å². The highest BCUT2D eigenvalue weighted by molar-refractivity contribution is 7.91. The highest BCUT2D eigenvalue weighted by Gasteiger charge is 2.23. The second-order valence-electron chi connectivity index (χ2n) is 6.43. The molecule has 0 spiro atoms. The van der Waals surface area contributed by atoms with E-state index in [0.717, 1.165) is 5.56 Å². The molecule has 0 aromatic heterocycles. The molecule has 22 heavy (non-hydrogen) atoms. The molecule has 0 aliphatic heterocycles. The zero-order valence-electron chi connectivity index (χ0n) is 13.1. The predicted octanol–water partition coefficient (Wildman–Crippen LogP) is 4.47. The van der Waals surface area contributed by atoms with Gasteiger partial charge in [0.25, 0.3) is 0 Å². The molecule has 2 aromatic rings. The molecule has 0 saturated carbocycles. The average molecular weight is 320 g/mol. The van der Waals surface area contributed by atoms with Crippen LogP contribution in [0, 0.1) is 0 Å². The normalized spacial score (nSPS) is 13.8. The summed E-state index contributed by atoms with van der Waals surface area (Å²) in [4.78, 5) is 0.166. The van der Waals surface area contributed by atoms with Crippen molar-refractivity contribution in [3.8, 4) is 0 Å². The van der Waals surface area contributed by atoms with E-state index in [-0.39, 0.29) is 10.3 Å². The van der Waals surface area contributed by atoms with Crippen LogP contribution >= 0.6 is 0 Å². The molecule has 0 radical (unpaired) electrons. The summed E-state index contributed by atoms with van der Waals surface area (Å²) < 4.78 is 38.9. The van der Waals surface area contributed by atoms with Gasteiger partial charge >= 0.3 is 0 Å². The van der Waals surface area contributed by atoms with Gasteiger partial charge in [-0.1, -0.05) is 63.2 Å². The average Bonchev–Trinajstić information content (AvgIpc) is 2.47. The summed E-state index contributed by atoms with van der Waals surface area (Å²) in [5.41, 5.74) is 1.39. The lowest BCUT2D eigenvalue weighted by Gasteiger charge is -2.19. The quantitative estimate of drug-likeness (QED) is 0.833. The summed E-state index contributed by atoms with van der Waals surface area (Å²) >= 11 is 0. The van der Waals surface area contributed by atoms with Crippen LogP contribution in [0.4, 0.5) is 4.39 Å². The lowest BCUT2D eigenvalue weighted by molar-refractivity contribution is 0.374. The third-order valence-electron chi connectivity index (χ3n) is 3.61. The monoisotopic (exact) mass is 320 g/mol. The van der Waals surface area contributed by atoms with Gasteiger partial charge in [0.1, 0.15) is 6.17 Å². The Morgan fingerprint density at radius 1 is 0.955 bits per heavy atom. The molecule has 0 amide bonds. The molecule has 0 bridgehead atoms. The predicted molar refractivity (Wildman–Crippen MR) is 87.5 cm³/mol. The van der Waals surface area contributed by atoms with Gasteiger partial charge in [-0.15, -0.1) is 0 Å². The van der Waals surface area contributed by atoms with Gasteiger partial charge in [0.15, 0.2) is 9.84 Å². The van der Waals surface area contributed by atoms with E-state index in [1.54, 1.807) is 54.6 Å². The Labute approximate surface area is 131 Å².